The fourth-order valence-electron chi connectivity index (χ4n) is 5.48. The minimum Gasteiger partial charge on any atom is -0.366 e. The molecule has 1 aromatic heterocycles. The Hall–Kier alpha value is -3.87. The number of carbonyl (C=O) groups excluding carboxylic acids is 1. The third-order valence-corrected chi connectivity index (χ3v) is 7.26. The third kappa shape index (κ3) is 3.62. The Labute approximate surface area is 202 Å². The summed E-state index contributed by atoms with van der Waals surface area (Å²) in [6.45, 7) is 4.53. The van der Waals surface area contributed by atoms with Gasteiger partial charge in [-0.15, -0.1) is 0 Å². The number of hydrogen-bond donors (Lipinski definition) is 0. The molecule has 0 bridgehead atoms. The van der Waals surface area contributed by atoms with Gasteiger partial charge in [-0.05, 0) is 48.7 Å². The zero-order valence-electron chi connectivity index (χ0n) is 19.3. The first kappa shape index (κ1) is 21.6. The predicted octanol–water partition coefficient (Wildman–Crippen LogP) is 5.41. The van der Waals surface area contributed by atoms with Crippen LogP contribution in [0, 0.1) is 24.5 Å². The summed E-state index contributed by atoms with van der Waals surface area (Å²) >= 11 is 0. The maximum Gasteiger partial charge on any atom is 0.186 e. The number of carbonyl (C=O) groups is 1. The summed E-state index contributed by atoms with van der Waals surface area (Å²) < 4.78 is 27.7. The normalized spacial score (nSPS) is 19.4. The SMILES string of the molecule is Cc1cc(C=O)c(-c2ccccc2)c(N2C[C@H]3CCN(c4cnc5c(F)c(F)ccc5n4)C[C@H]32)c1. The first-order valence-electron chi connectivity index (χ1n) is 11.8. The van der Waals surface area contributed by atoms with E-state index in [0.717, 1.165) is 60.8 Å². The highest BCUT2D eigenvalue weighted by Crippen LogP contribution is 2.43. The Bertz CT molecular complexity index is 1440. The maximum atomic E-state index is 14.1. The zero-order valence-corrected chi connectivity index (χ0v) is 19.3. The average molecular weight is 471 g/mol. The van der Waals surface area contributed by atoms with Crippen LogP contribution >= 0.6 is 0 Å². The van der Waals surface area contributed by atoms with Gasteiger partial charge in [0.15, 0.2) is 17.9 Å². The van der Waals surface area contributed by atoms with Crippen LogP contribution in [0.4, 0.5) is 20.3 Å². The molecule has 0 amide bonds. The van der Waals surface area contributed by atoms with Crippen molar-refractivity contribution in [2.24, 2.45) is 5.92 Å². The second-order valence-corrected chi connectivity index (χ2v) is 9.40. The number of aldehydes is 1. The second-order valence-electron chi connectivity index (χ2n) is 9.40. The molecule has 5 nitrogen and oxygen atoms in total. The van der Waals surface area contributed by atoms with Crippen molar-refractivity contribution >= 4 is 28.8 Å². The van der Waals surface area contributed by atoms with Crippen molar-refractivity contribution in [1.82, 2.24) is 9.97 Å². The molecule has 2 saturated heterocycles. The number of aryl methyl sites for hydroxylation is 1. The van der Waals surface area contributed by atoms with Gasteiger partial charge in [0, 0.05) is 42.4 Å². The largest absolute Gasteiger partial charge is 0.366 e. The molecule has 7 heteroatoms. The zero-order chi connectivity index (χ0) is 24.1. The van der Waals surface area contributed by atoms with Crippen LogP contribution in [-0.2, 0) is 0 Å². The highest BCUT2D eigenvalue weighted by atomic mass is 19.2. The third-order valence-electron chi connectivity index (χ3n) is 7.26. The minimum atomic E-state index is -0.968. The highest BCUT2D eigenvalue weighted by molar-refractivity contribution is 5.95. The lowest BCUT2D eigenvalue weighted by molar-refractivity contribution is 0.112. The van der Waals surface area contributed by atoms with Gasteiger partial charge in [0.25, 0.3) is 0 Å². The molecular weight excluding hydrogens is 446 g/mol. The predicted molar refractivity (Wildman–Crippen MR) is 133 cm³/mol. The van der Waals surface area contributed by atoms with Crippen LogP contribution in [0.2, 0.25) is 0 Å². The van der Waals surface area contributed by atoms with Crippen LogP contribution in [0.25, 0.3) is 22.2 Å². The molecule has 2 atom stereocenters. The van der Waals surface area contributed by atoms with E-state index in [4.69, 9.17) is 0 Å². The van der Waals surface area contributed by atoms with E-state index in [1.165, 1.54) is 12.3 Å². The molecule has 3 aromatic carbocycles. The maximum absolute atomic E-state index is 14.1. The number of rotatable bonds is 4. The summed E-state index contributed by atoms with van der Waals surface area (Å²) in [5.74, 6) is -0.679. The molecular formula is C28H24F2N4O. The van der Waals surface area contributed by atoms with Crippen molar-refractivity contribution in [3.8, 4) is 11.1 Å². The molecule has 0 saturated carbocycles. The summed E-state index contributed by atoms with van der Waals surface area (Å²) in [5, 5.41) is 0. The van der Waals surface area contributed by atoms with Crippen LogP contribution in [0.5, 0.6) is 0 Å². The van der Waals surface area contributed by atoms with Crippen molar-refractivity contribution in [3.63, 3.8) is 0 Å². The van der Waals surface area contributed by atoms with Gasteiger partial charge < -0.3 is 9.80 Å². The average Bonchev–Trinajstić information content (AvgIpc) is 2.87. The number of anilines is 2. The van der Waals surface area contributed by atoms with E-state index in [2.05, 4.69) is 25.8 Å². The summed E-state index contributed by atoms with van der Waals surface area (Å²) in [7, 11) is 0. The van der Waals surface area contributed by atoms with Gasteiger partial charge in [-0.3, -0.25) is 4.79 Å². The summed E-state index contributed by atoms with van der Waals surface area (Å²) in [5.41, 5.74) is 5.09. The second kappa shape index (κ2) is 8.41. The van der Waals surface area contributed by atoms with E-state index in [1.54, 1.807) is 0 Å². The molecule has 4 aromatic rings. The molecule has 0 radical (unpaired) electrons. The van der Waals surface area contributed by atoms with Crippen LogP contribution in [0.15, 0.2) is 60.8 Å². The standard InChI is InChI=1S/C28H24F2N4O/c1-17-11-20(16-35)26(18-5-3-2-4-6-18)23(12-17)34-14-19-9-10-33(15-24(19)34)25-13-31-28-22(32-25)8-7-21(29)27(28)30/h2-8,11-13,16,19,24H,9-10,14-15H2,1H3/t19-,24-/m1/s1. The Morgan fingerprint density at radius 1 is 1.06 bits per heavy atom. The Balaban J connectivity index is 1.34. The fraction of sp³-hybridized carbons (Fsp3) is 0.250. The van der Waals surface area contributed by atoms with Gasteiger partial charge in [0.1, 0.15) is 11.3 Å². The number of aromatic nitrogens is 2. The smallest absolute Gasteiger partial charge is 0.186 e. The Kier molecular flexibility index (Phi) is 5.20. The first-order valence-corrected chi connectivity index (χ1v) is 11.8. The molecule has 176 valence electrons. The lowest BCUT2D eigenvalue weighted by Gasteiger charge is -2.55. The van der Waals surface area contributed by atoms with E-state index in [-0.39, 0.29) is 11.6 Å². The van der Waals surface area contributed by atoms with E-state index in [1.807, 2.05) is 43.3 Å². The van der Waals surface area contributed by atoms with Gasteiger partial charge in [-0.1, -0.05) is 30.3 Å². The quantitative estimate of drug-likeness (QED) is 0.373. The van der Waals surface area contributed by atoms with Crippen LogP contribution in [-0.4, -0.2) is 41.9 Å². The molecule has 6 rings (SSSR count). The van der Waals surface area contributed by atoms with Crippen molar-refractivity contribution in [2.45, 2.75) is 19.4 Å². The summed E-state index contributed by atoms with van der Waals surface area (Å²) in [4.78, 5) is 25.3. The molecule has 3 heterocycles. The molecule has 2 aliphatic heterocycles. The van der Waals surface area contributed by atoms with Gasteiger partial charge in [0.05, 0.1) is 17.8 Å². The van der Waals surface area contributed by atoms with Gasteiger partial charge in [-0.2, -0.15) is 0 Å². The van der Waals surface area contributed by atoms with Crippen molar-refractivity contribution in [3.05, 3.63) is 83.6 Å². The lowest BCUT2D eigenvalue weighted by atomic mass is 9.80. The topological polar surface area (TPSA) is 49.3 Å². The molecule has 35 heavy (non-hydrogen) atoms. The molecule has 0 aliphatic carbocycles. The van der Waals surface area contributed by atoms with Gasteiger partial charge in [0.2, 0.25) is 0 Å². The Morgan fingerprint density at radius 2 is 1.89 bits per heavy atom. The van der Waals surface area contributed by atoms with Crippen LogP contribution in [0.1, 0.15) is 22.3 Å². The lowest BCUT2D eigenvalue weighted by Crippen LogP contribution is -2.64. The Morgan fingerprint density at radius 3 is 2.69 bits per heavy atom. The molecule has 2 fully saturated rings. The first-order chi connectivity index (χ1) is 17.0. The molecule has 0 unspecified atom stereocenters. The van der Waals surface area contributed by atoms with E-state index in [9.17, 15) is 13.6 Å². The number of hydrogen-bond acceptors (Lipinski definition) is 5. The summed E-state index contributed by atoms with van der Waals surface area (Å²) in [6, 6.07) is 16.9. The van der Waals surface area contributed by atoms with Crippen molar-refractivity contribution < 1.29 is 13.6 Å². The number of halogens is 2. The number of piperidine rings is 1. The van der Waals surface area contributed by atoms with Gasteiger partial charge >= 0.3 is 0 Å². The van der Waals surface area contributed by atoms with Crippen LogP contribution in [0.3, 0.4) is 0 Å². The minimum absolute atomic E-state index is 0.0532. The summed E-state index contributed by atoms with van der Waals surface area (Å²) in [6.07, 6.45) is 3.47. The van der Waals surface area contributed by atoms with Gasteiger partial charge in [-0.25, -0.2) is 18.7 Å². The van der Waals surface area contributed by atoms with Crippen molar-refractivity contribution in [2.75, 3.05) is 29.4 Å². The van der Waals surface area contributed by atoms with Crippen molar-refractivity contribution in [1.29, 1.82) is 0 Å². The fourth-order valence-corrected chi connectivity index (χ4v) is 5.48. The molecule has 0 N–H and O–H groups in total. The van der Waals surface area contributed by atoms with E-state index >= 15 is 0 Å². The number of fused-ring (bicyclic) bond motifs is 2. The molecule has 2 aliphatic rings. The molecule has 0 spiro atoms. The number of nitrogens with zero attached hydrogens (tertiary/aromatic N) is 4. The van der Waals surface area contributed by atoms with E-state index in [0.29, 0.717) is 22.8 Å². The monoisotopic (exact) mass is 470 g/mol. The van der Waals surface area contributed by atoms with E-state index < -0.39 is 11.6 Å². The highest BCUT2D eigenvalue weighted by Gasteiger charge is 2.44. The number of benzene rings is 3. The van der Waals surface area contributed by atoms with Crippen LogP contribution < -0.4 is 9.80 Å².